The second kappa shape index (κ2) is 5.43. The number of aromatic nitrogens is 3. The number of fused-ring (bicyclic) bond motifs is 2. The zero-order valence-corrected chi connectivity index (χ0v) is 13.3. The largest absolute Gasteiger partial charge is 0.348 e. The van der Waals surface area contributed by atoms with Crippen LogP contribution in [0.2, 0.25) is 0 Å². The van der Waals surface area contributed by atoms with Gasteiger partial charge in [0.1, 0.15) is 5.82 Å². The maximum atomic E-state index is 12.4. The molecule has 0 radical (unpaired) electrons. The number of hydrogen-bond donors (Lipinski definition) is 1. The standard InChI is InChI=1S/C16H18N4OS/c1-10-4-5-11-8-13(22-12(11)7-10)16(21)17-9-15-19-18-14-3-2-6-20(14)15/h4-5,7,13H,2-3,6,8-9H2,1H3,(H,17,21). The van der Waals surface area contributed by atoms with Gasteiger partial charge in [-0.1, -0.05) is 17.7 Å². The van der Waals surface area contributed by atoms with Crippen molar-refractivity contribution in [3.8, 4) is 0 Å². The van der Waals surface area contributed by atoms with E-state index in [1.807, 2.05) is 0 Å². The van der Waals surface area contributed by atoms with E-state index in [-0.39, 0.29) is 11.2 Å². The number of aryl methyl sites for hydroxylation is 2. The summed E-state index contributed by atoms with van der Waals surface area (Å²) in [6.07, 6.45) is 2.93. The van der Waals surface area contributed by atoms with Crippen molar-refractivity contribution < 1.29 is 4.79 Å². The molecule has 22 heavy (non-hydrogen) atoms. The van der Waals surface area contributed by atoms with Crippen LogP contribution in [0.1, 0.15) is 29.2 Å². The number of hydrogen-bond acceptors (Lipinski definition) is 4. The van der Waals surface area contributed by atoms with Crippen molar-refractivity contribution in [2.24, 2.45) is 0 Å². The molecule has 5 nitrogen and oxygen atoms in total. The second-order valence-electron chi connectivity index (χ2n) is 5.93. The molecule has 0 saturated heterocycles. The molecule has 114 valence electrons. The number of thioether (sulfide) groups is 1. The average Bonchev–Trinajstić information content (AvgIpc) is 3.19. The Morgan fingerprint density at radius 2 is 2.36 bits per heavy atom. The third-order valence-electron chi connectivity index (χ3n) is 4.30. The summed E-state index contributed by atoms with van der Waals surface area (Å²) in [4.78, 5) is 13.6. The van der Waals surface area contributed by atoms with Crippen LogP contribution in [0.5, 0.6) is 0 Å². The van der Waals surface area contributed by atoms with Gasteiger partial charge in [-0.3, -0.25) is 4.79 Å². The van der Waals surface area contributed by atoms with Gasteiger partial charge in [-0.05, 0) is 31.4 Å². The van der Waals surface area contributed by atoms with Crippen molar-refractivity contribution in [2.75, 3.05) is 0 Å². The molecule has 1 aromatic carbocycles. The van der Waals surface area contributed by atoms with Crippen molar-refractivity contribution in [1.29, 1.82) is 0 Å². The van der Waals surface area contributed by atoms with Crippen LogP contribution >= 0.6 is 11.8 Å². The molecule has 4 rings (SSSR count). The first-order valence-electron chi connectivity index (χ1n) is 7.65. The van der Waals surface area contributed by atoms with Gasteiger partial charge in [-0.2, -0.15) is 0 Å². The summed E-state index contributed by atoms with van der Waals surface area (Å²) in [6, 6.07) is 6.41. The van der Waals surface area contributed by atoms with Crippen LogP contribution in [0.3, 0.4) is 0 Å². The molecular weight excluding hydrogens is 296 g/mol. The van der Waals surface area contributed by atoms with Gasteiger partial charge in [0.05, 0.1) is 11.8 Å². The Morgan fingerprint density at radius 1 is 1.45 bits per heavy atom. The Labute approximate surface area is 133 Å². The highest BCUT2D eigenvalue weighted by molar-refractivity contribution is 8.01. The molecule has 6 heteroatoms. The fourth-order valence-corrected chi connectivity index (χ4v) is 4.42. The highest BCUT2D eigenvalue weighted by Crippen LogP contribution is 2.37. The number of carbonyl (C=O) groups is 1. The summed E-state index contributed by atoms with van der Waals surface area (Å²) in [5.41, 5.74) is 2.52. The van der Waals surface area contributed by atoms with Crippen LogP contribution in [0.25, 0.3) is 0 Å². The molecule has 1 N–H and O–H groups in total. The highest BCUT2D eigenvalue weighted by atomic mass is 32.2. The summed E-state index contributed by atoms with van der Waals surface area (Å²) in [5.74, 6) is 2.01. The minimum Gasteiger partial charge on any atom is -0.348 e. The van der Waals surface area contributed by atoms with E-state index in [4.69, 9.17) is 0 Å². The molecule has 0 spiro atoms. The molecule has 3 heterocycles. The van der Waals surface area contributed by atoms with E-state index in [9.17, 15) is 4.79 Å². The molecule has 0 fully saturated rings. The van der Waals surface area contributed by atoms with Crippen molar-refractivity contribution >= 4 is 17.7 Å². The van der Waals surface area contributed by atoms with Gasteiger partial charge >= 0.3 is 0 Å². The lowest BCUT2D eigenvalue weighted by atomic mass is 10.1. The van der Waals surface area contributed by atoms with Crippen molar-refractivity contribution in [3.63, 3.8) is 0 Å². The number of rotatable bonds is 3. The summed E-state index contributed by atoms with van der Waals surface area (Å²) >= 11 is 1.67. The SMILES string of the molecule is Cc1ccc2c(c1)SC(C(=O)NCc1nnc3n1CCC3)C2. The number of nitrogens with one attached hydrogen (secondary N) is 1. The molecule has 0 saturated carbocycles. The van der Waals surface area contributed by atoms with Crippen LogP contribution in [-0.4, -0.2) is 25.9 Å². The maximum Gasteiger partial charge on any atom is 0.234 e. The van der Waals surface area contributed by atoms with Crippen LogP contribution in [0, 0.1) is 6.92 Å². The van der Waals surface area contributed by atoms with E-state index in [2.05, 4.69) is 45.2 Å². The summed E-state index contributed by atoms with van der Waals surface area (Å²) < 4.78 is 2.13. The Balaban J connectivity index is 1.39. The minimum atomic E-state index is -0.0298. The molecule has 0 aliphatic carbocycles. The predicted molar refractivity (Wildman–Crippen MR) is 84.7 cm³/mol. The van der Waals surface area contributed by atoms with E-state index in [1.165, 1.54) is 16.0 Å². The Bertz CT molecular complexity index is 740. The summed E-state index contributed by atoms with van der Waals surface area (Å²) in [5, 5.41) is 11.3. The average molecular weight is 314 g/mol. The number of nitrogens with zero attached hydrogens (tertiary/aromatic N) is 3. The van der Waals surface area contributed by atoms with Crippen LogP contribution < -0.4 is 5.32 Å². The highest BCUT2D eigenvalue weighted by Gasteiger charge is 2.28. The number of benzene rings is 1. The van der Waals surface area contributed by atoms with E-state index in [1.54, 1.807) is 11.8 Å². The van der Waals surface area contributed by atoms with Gasteiger partial charge in [0.25, 0.3) is 0 Å². The Hall–Kier alpha value is -1.82. The third-order valence-corrected chi connectivity index (χ3v) is 5.60. The maximum absolute atomic E-state index is 12.4. The molecule has 1 amide bonds. The van der Waals surface area contributed by atoms with Gasteiger partial charge in [0.2, 0.25) is 5.91 Å². The van der Waals surface area contributed by atoms with E-state index >= 15 is 0 Å². The van der Waals surface area contributed by atoms with Gasteiger partial charge in [0, 0.05) is 17.9 Å². The summed E-state index contributed by atoms with van der Waals surface area (Å²) in [6.45, 7) is 3.52. The smallest absolute Gasteiger partial charge is 0.234 e. The first-order valence-corrected chi connectivity index (χ1v) is 8.53. The zero-order valence-electron chi connectivity index (χ0n) is 12.5. The minimum absolute atomic E-state index is 0.0298. The lowest BCUT2D eigenvalue weighted by Gasteiger charge is -2.10. The van der Waals surface area contributed by atoms with Crippen LogP contribution in [0.15, 0.2) is 23.1 Å². The van der Waals surface area contributed by atoms with Gasteiger partial charge in [0.15, 0.2) is 5.82 Å². The van der Waals surface area contributed by atoms with Crippen LogP contribution in [0.4, 0.5) is 0 Å². The lowest BCUT2D eigenvalue weighted by Crippen LogP contribution is -2.32. The van der Waals surface area contributed by atoms with Crippen molar-refractivity contribution in [3.05, 3.63) is 41.0 Å². The first-order chi connectivity index (χ1) is 10.7. The quantitative estimate of drug-likeness (QED) is 0.939. The van der Waals surface area contributed by atoms with Crippen molar-refractivity contribution in [2.45, 2.75) is 49.4 Å². The number of amides is 1. The lowest BCUT2D eigenvalue weighted by molar-refractivity contribution is -0.120. The Kier molecular flexibility index (Phi) is 3.41. The molecule has 2 aliphatic heterocycles. The molecular formula is C16H18N4OS. The third kappa shape index (κ3) is 2.41. The van der Waals surface area contributed by atoms with Gasteiger partial charge in [-0.15, -0.1) is 22.0 Å². The molecule has 1 aromatic heterocycles. The molecule has 2 aromatic rings. The second-order valence-corrected chi connectivity index (χ2v) is 7.17. The van der Waals surface area contributed by atoms with Gasteiger partial charge in [-0.25, -0.2) is 0 Å². The Morgan fingerprint density at radius 3 is 3.27 bits per heavy atom. The topological polar surface area (TPSA) is 59.8 Å². The molecule has 1 atom stereocenters. The predicted octanol–water partition coefficient (Wildman–Crippen LogP) is 1.87. The fraction of sp³-hybridized carbons (Fsp3) is 0.438. The van der Waals surface area contributed by atoms with Gasteiger partial charge < -0.3 is 9.88 Å². The fourth-order valence-electron chi connectivity index (χ4n) is 3.10. The monoisotopic (exact) mass is 314 g/mol. The van der Waals surface area contributed by atoms with E-state index < -0.39 is 0 Å². The van der Waals surface area contributed by atoms with E-state index in [0.29, 0.717) is 6.54 Å². The first kappa shape index (κ1) is 13.8. The van der Waals surface area contributed by atoms with Crippen molar-refractivity contribution in [1.82, 2.24) is 20.1 Å². The molecule has 0 bridgehead atoms. The zero-order chi connectivity index (χ0) is 15.1. The van der Waals surface area contributed by atoms with Crippen LogP contribution in [-0.2, 0) is 30.7 Å². The normalized spacial score (nSPS) is 19.0. The van der Waals surface area contributed by atoms with E-state index in [0.717, 1.165) is 37.5 Å². The molecule has 2 aliphatic rings. The summed E-state index contributed by atoms with van der Waals surface area (Å²) in [7, 11) is 0. The molecule has 1 unspecified atom stereocenters. The number of carbonyl (C=O) groups excluding carboxylic acids is 1.